The molecule has 1 aliphatic carbocycles. The van der Waals surface area contributed by atoms with E-state index in [1.807, 2.05) is 0 Å². The van der Waals surface area contributed by atoms with Gasteiger partial charge in [-0.15, -0.1) is 0 Å². The molecule has 0 spiro atoms. The molecule has 6 heteroatoms. The largest absolute Gasteiger partial charge is 0.467 e. The number of hydrogen-bond donors (Lipinski definition) is 2. The summed E-state index contributed by atoms with van der Waals surface area (Å²) in [4.78, 5) is 12.1. The topological polar surface area (TPSA) is 94.3 Å². The van der Waals surface area contributed by atoms with Crippen molar-refractivity contribution in [1.82, 2.24) is 10.5 Å². The van der Waals surface area contributed by atoms with E-state index in [9.17, 15) is 4.79 Å². The number of aryl methyl sites for hydroxylation is 1. The minimum absolute atomic E-state index is 0.0727. The zero-order chi connectivity index (χ0) is 13.2. The van der Waals surface area contributed by atoms with Gasteiger partial charge in [0.15, 0.2) is 5.69 Å². The minimum atomic E-state index is -0.254. The Bertz CT molecular complexity index is 574. The Morgan fingerprint density at radius 3 is 3.26 bits per heavy atom. The smallest absolute Gasteiger partial charge is 0.274 e. The van der Waals surface area contributed by atoms with Crippen LogP contribution in [0.25, 0.3) is 0 Å². The number of aromatic nitrogens is 1. The molecule has 19 heavy (non-hydrogen) atoms. The van der Waals surface area contributed by atoms with Crippen LogP contribution in [0.3, 0.4) is 0 Å². The van der Waals surface area contributed by atoms with Gasteiger partial charge in [0.25, 0.3) is 5.91 Å². The molecule has 1 amide bonds. The predicted molar refractivity (Wildman–Crippen MR) is 66.4 cm³/mol. The maximum absolute atomic E-state index is 12.1. The number of nitrogens with zero attached hydrogens (tertiary/aromatic N) is 1. The molecule has 1 atom stereocenters. The lowest BCUT2D eigenvalue weighted by Gasteiger charge is -2.16. The highest BCUT2D eigenvalue weighted by molar-refractivity contribution is 5.93. The lowest BCUT2D eigenvalue weighted by molar-refractivity contribution is 0.0938. The van der Waals surface area contributed by atoms with Gasteiger partial charge in [-0.3, -0.25) is 4.79 Å². The van der Waals surface area contributed by atoms with E-state index < -0.39 is 0 Å². The average molecular weight is 261 g/mol. The van der Waals surface area contributed by atoms with E-state index in [1.165, 1.54) is 0 Å². The summed E-state index contributed by atoms with van der Waals surface area (Å²) in [7, 11) is 0. The molecular weight excluding hydrogens is 246 g/mol. The van der Waals surface area contributed by atoms with Crippen LogP contribution in [0.1, 0.15) is 34.0 Å². The molecule has 100 valence electrons. The molecule has 0 radical (unpaired) electrons. The van der Waals surface area contributed by atoms with Gasteiger partial charge in [0.1, 0.15) is 11.5 Å². The number of fused-ring (bicyclic) bond motifs is 1. The zero-order valence-electron chi connectivity index (χ0n) is 10.4. The van der Waals surface area contributed by atoms with Crippen LogP contribution in [0.15, 0.2) is 27.3 Å². The number of nitrogens with one attached hydrogen (secondary N) is 1. The van der Waals surface area contributed by atoms with Gasteiger partial charge in [-0.2, -0.15) is 0 Å². The fourth-order valence-corrected chi connectivity index (χ4v) is 2.27. The first-order valence-corrected chi connectivity index (χ1v) is 6.27. The Morgan fingerprint density at radius 1 is 1.58 bits per heavy atom. The number of rotatable bonds is 3. The number of amides is 1. The molecule has 0 fully saturated rings. The van der Waals surface area contributed by atoms with Crippen molar-refractivity contribution in [2.45, 2.75) is 31.8 Å². The molecule has 0 aromatic carbocycles. The van der Waals surface area contributed by atoms with E-state index in [-0.39, 0.29) is 11.9 Å². The normalized spacial score (nSPS) is 18.1. The van der Waals surface area contributed by atoms with Crippen molar-refractivity contribution in [3.8, 4) is 0 Å². The number of nitrogens with two attached hydrogens (primary N) is 1. The van der Waals surface area contributed by atoms with Crippen LogP contribution >= 0.6 is 0 Å². The summed E-state index contributed by atoms with van der Waals surface area (Å²) in [6.07, 6.45) is 3.82. The fraction of sp³-hybridized carbons (Fsp3) is 0.385. The Labute approximate surface area is 109 Å². The molecule has 3 rings (SSSR count). The van der Waals surface area contributed by atoms with E-state index in [0.717, 1.165) is 24.2 Å². The standard InChI is InChI=1S/C13H15N3O3/c14-8-3-4-11-10(6-8)12(16-19-11)13(17)15-7-9-2-1-5-18-9/h1-2,5,8H,3-4,6-7,14H2,(H,15,17). The second-order valence-corrected chi connectivity index (χ2v) is 4.70. The van der Waals surface area contributed by atoms with Crippen molar-refractivity contribution >= 4 is 5.91 Å². The van der Waals surface area contributed by atoms with Gasteiger partial charge in [0.2, 0.25) is 0 Å². The quantitative estimate of drug-likeness (QED) is 0.860. The molecule has 1 aliphatic rings. The second-order valence-electron chi connectivity index (χ2n) is 4.70. The van der Waals surface area contributed by atoms with E-state index in [4.69, 9.17) is 14.7 Å². The van der Waals surface area contributed by atoms with Crippen molar-refractivity contribution in [2.75, 3.05) is 0 Å². The van der Waals surface area contributed by atoms with Crippen LogP contribution in [0.4, 0.5) is 0 Å². The molecule has 2 aromatic rings. The summed E-state index contributed by atoms with van der Waals surface area (Å²) in [5, 5.41) is 6.62. The Kier molecular flexibility index (Phi) is 3.08. The maximum atomic E-state index is 12.1. The Hall–Kier alpha value is -2.08. The Balaban J connectivity index is 1.72. The van der Waals surface area contributed by atoms with Gasteiger partial charge in [0.05, 0.1) is 12.8 Å². The van der Waals surface area contributed by atoms with E-state index >= 15 is 0 Å². The van der Waals surface area contributed by atoms with Crippen LogP contribution in [-0.2, 0) is 19.4 Å². The van der Waals surface area contributed by atoms with Crippen LogP contribution in [0.5, 0.6) is 0 Å². The highest BCUT2D eigenvalue weighted by atomic mass is 16.5. The van der Waals surface area contributed by atoms with Gasteiger partial charge in [-0.25, -0.2) is 0 Å². The van der Waals surface area contributed by atoms with Crippen molar-refractivity contribution < 1.29 is 13.7 Å². The van der Waals surface area contributed by atoms with E-state index in [0.29, 0.717) is 24.4 Å². The van der Waals surface area contributed by atoms with Gasteiger partial charge < -0.3 is 20.0 Å². The molecule has 0 bridgehead atoms. The van der Waals surface area contributed by atoms with Crippen molar-refractivity contribution in [3.05, 3.63) is 41.2 Å². The zero-order valence-corrected chi connectivity index (χ0v) is 10.4. The molecular formula is C13H15N3O3. The molecule has 0 saturated carbocycles. The number of carbonyl (C=O) groups is 1. The third-order valence-electron chi connectivity index (χ3n) is 3.30. The van der Waals surface area contributed by atoms with E-state index in [1.54, 1.807) is 18.4 Å². The lowest BCUT2D eigenvalue weighted by Crippen LogP contribution is -2.30. The van der Waals surface area contributed by atoms with Gasteiger partial charge >= 0.3 is 0 Å². The first-order chi connectivity index (χ1) is 9.24. The third-order valence-corrected chi connectivity index (χ3v) is 3.30. The van der Waals surface area contributed by atoms with E-state index in [2.05, 4.69) is 10.5 Å². The Morgan fingerprint density at radius 2 is 2.47 bits per heavy atom. The summed E-state index contributed by atoms with van der Waals surface area (Å²) < 4.78 is 10.4. The molecule has 2 aromatic heterocycles. The van der Waals surface area contributed by atoms with Gasteiger partial charge in [-0.1, -0.05) is 5.16 Å². The van der Waals surface area contributed by atoms with Gasteiger partial charge in [0, 0.05) is 18.0 Å². The minimum Gasteiger partial charge on any atom is -0.467 e. The monoisotopic (exact) mass is 261 g/mol. The van der Waals surface area contributed by atoms with Crippen LogP contribution in [0.2, 0.25) is 0 Å². The third kappa shape index (κ3) is 2.39. The predicted octanol–water partition coefficient (Wildman–Crippen LogP) is 1.01. The molecule has 2 heterocycles. The first kappa shape index (κ1) is 12.0. The van der Waals surface area contributed by atoms with Crippen LogP contribution in [-0.4, -0.2) is 17.1 Å². The second kappa shape index (κ2) is 4.89. The average Bonchev–Trinajstić information content (AvgIpc) is 3.04. The van der Waals surface area contributed by atoms with Crippen LogP contribution < -0.4 is 11.1 Å². The lowest BCUT2D eigenvalue weighted by atomic mass is 9.92. The summed E-state index contributed by atoms with van der Waals surface area (Å²) in [5.41, 5.74) is 7.10. The fourth-order valence-electron chi connectivity index (χ4n) is 2.27. The molecule has 3 N–H and O–H groups in total. The van der Waals surface area contributed by atoms with Crippen LogP contribution in [0, 0.1) is 0 Å². The van der Waals surface area contributed by atoms with Crippen molar-refractivity contribution in [3.63, 3.8) is 0 Å². The van der Waals surface area contributed by atoms with Crippen molar-refractivity contribution in [1.29, 1.82) is 0 Å². The number of furan rings is 1. The summed E-state index contributed by atoms with van der Waals surface area (Å²) in [6, 6.07) is 3.65. The molecule has 0 aliphatic heterocycles. The highest BCUT2D eigenvalue weighted by Crippen LogP contribution is 2.23. The number of hydrogen-bond acceptors (Lipinski definition) is 5. The molecule has 1 unspecified atom stereocenters. The highest BCUT2D eigenvalue weighted by Gasteiger charge is 2.27. The first-order valence-electron chi connectivity index (χ1n) is 6.27. The van der Waals surface area contributed by atoms with Gasteiger partial charge in [-0.05, 0) is 25.0 Å². The number of carbonyl (C=O) groups excluding carboxylic acids is 1. The SMILES string of the molecule is NC1CCc2onc(C(=O)NCc3ccco3)c2C1. The summed E-state index contributed by atoms with van der Waals surface area (Å²) in [5.74, 6) is 1.22. The maximum Gasteiger partial charge on any atom is 0.274 e. The summed E-state index contributed by atoms with van der Waals surface area (Å²) >= 11 is 0. The van der Waals surface area contributed by atoms with Crippen molar-refractivity contribution in [2.24, 2.45) is 5.73 Å². The summed E-state index contributed by atoms with van der Waals surface area (Å²) in [6.45, 7) is 0.333. The molecule has 0 saturated heterocycles. The molecule has 6 nitrogen and oxygen atoms in total.